The summed E-state index contributed by atoms with van der Waals surface area (Å²) in [6.07, 6.45) is 3.10. The molecule has 1 aliphatic heterocycles. The monoisotopic (exact) mass is 327 g/mol. The largest absolute Gasteiger partial charge is 0.495 e. The second-order valence-electron chi connectivity index (χ2n) is 5.33. The van der Waals surface area contributed by atoms with Crippen LogP contribution in [0.15, 0.2) is 22.7 Å². The lowest BCUT2D eigenvalue weighted by atomic mass is 9.90. The van der Waals surface area contributed by atoms with E-state index < -0.39 is 0 Å². The fourth-order valence-electron chi connectivity index (χ4n) is 2.51. The maximum atomic E-state index is 5.88. The molecule has 1 N–H and O–H groups in total. The Kier molecular flexibility index (Phi) is 4.74. The van der Waals surface area contributed by atoms with Crippen LogP contribution in [0.25, 0.3) is 0 Å². The molecule has 0 spiro atoms. The van der Waals surface area contributed by atoms with Crippen molar-refractivity contribution >= 4 is 21.6 Å². The summed E-state index contributed by atoms with van der Waals surface area (Å²) < 4.78 is 12.3. The first kappa shape index (κ1) is 14.7. The molecule has 2 atom stereocenters. The van der Waals surface area contributed by atoms with Gasteiger partial charge in [-0.3, -0.25) is 0 Å². The SMILES string of the molecule is CCC1(C)CC(Nc2cc(Br)ccc2OC)CCO1. The Morgan fingerprint density at radius 1 is 1.53 bits per heavy atom. The van der Waals surface area contributed by atoms with E-state index in [1.165, 1.54) is 0 Å². The van der Waals surface area contributed by atoms with Crippen LogP contribution < -0.4 is 10.1 Å². The Balaban J connectivity index is 2.10. The Morgan fingerprint density at radius 3 is 3.00 bits per heavy atom. The van der Waals surface area contributed by atoms with Crippen LogP contribution in [0, 0.1) is 0 Å². The summed E-state index contributed by atoms with van der Waals surface area (Å²) in [6, 6.07) is 6.47. The molecule has 19 heavy (non-hydrogen) atoms. The molecule has 0 bridgehead atoms. The summed E-state index contributed by atoms with van der Waals surface area (Å²) >= 11 is 3.51. The van der Waals surface area contributed by atoms with Crippen LogP contribution in [0.3, 0.4) is 0 Å². The summed E-state index contributed by atoms with van der Waals surface area (Å²) in [5, 5.41) is 3.60. The Labute approximate surface area is 123 Å². The fraction of sp³-hybridized carbons (Fsp3) is 0.600. The minimum absolute atomic E-state index is 0.00480. The first-order valence-corrected chi connectivity index (χ1v) is 7.59. The summed E-state index contributed by atoms with van der Waals surface area (Å²) in [6.45, 7) is 5.19. The highest BCUT2D eigenvalue weighted by molar-refractivity contribution is 9.10. The number of hydrogen-bond donors (Lipinski definition) is 1. The van der Waals surface area contributed by atoms with Gasteiger partial charge in [-0.1, -0.05) is 22.9 Å². The zero-order valence-corrected chi connectivity index (χ0v) is 13.4. The molecule has 0 aromatic heterocycles. The molecule has 0 aliphatic carbocycles. The number of halogens is 1. The van der Waals surface area contributed by atoms with Crippen molar-refractivity contribution in [3.05, 3.63) is 22.7 Å². The van der Waals surface area contributed by atoms with Crippen LogP contribution in [0.4, 0.5) is 5.69 Å². The number of ether oxygens (including phenoxy) is 2. The molecule has 1 aromatic carbocycles. The molecule has 3 nitrogen and oxygen atoms in total. The van der Waals surface area contributed by atoms with E-state index in [2.05, 4.69) is 41.2 Å². The van der Waals surface area contributed by atoms with E-state index in [9.17, 15) is 0 Å². The molecule has 2 unspecified atom stereocenters. The van der Waals surface area contributed by atoms with Gasteiger partial charge in [0.2, 0.25) is 0 Å². The predicted octanol–water partition coefficient (Wildman–Crippen LogP) is 4.22. The molecule has 1 aromatic rings. The smallest absolute Gasteiger partial charge is 0.142 e. The summed E-state index contributed by atoms with van der Waals surface area (Å²) in [5.41, 5.74) is 1.04. The highest BCUT2D eigenvalue weighted by atomic mass is 79.9. The van der Waals surface area contributed by atoms with Gasteiger partial charge in [0.1, 0.15) is 5.75 Å². The number of methoxy groups -OCH3 is 1. The molecule has 0 saturated carbocycles. The number of hydrogen-bond acceptors (Lipinski definition) is 3. The molecule has 1 fully saturated rings. The Bertz CT molecular complexity index is 438. The Hall–Kier alpha value is -0.740. The average molecular weight is 328 g/mol. The van der Waals surface area contributed by atoms with Crippen molar-refractivity contribution in [3.8, 4) is 5.75 Å². The average Bonchev–Trinajstić information content (AvgIpc) is 2.39. The van der Waals surface area contributed by atoms with Gasteiger partial charge in [-0.2, -0.15) is 0 Å². The number of rotatable bonds is 4. The van der Waals surface area contributed by atoms with Crippen LogP contribution in [-0.4, -0.2) is 25.4 Å². The second-order valence-corrected chi connectivity index (χ2v) is 6.25. The molecule has 106 valence electrons. The van der Waals surface area contributed by atoms with Crippen molar-refractivity contribution < 1.29 is 9.47 Å². The van der Waals surface area contributed by atoms with Gasteiger partial charge in [0.25, 0.3) is 0 Å². The van der Waals surface area contributed by atoms with Crippen molar-refractivity contribution in [3.63, 3.8) is 0 Å². The van der Waals surface area contributed by atoms with E-state index in [1.807, 2.05) is 12.1 Å². The van der Waals surface area contributed by atoms with Crippen molar-refractivity contribution in [2.45, 2.75) is 44.8 Å². The van der Waals surface area contributed by atoms with E-state index >= 15 is 0 Å². The predicted molar refractivity (Wildman–Crippen MR) is 82.0 cm³/mol. The van der Waals surface area contributed by atoms with Crippen molar-refractivity contribution in [2.75, 3.05) is 19.0 Å². The fourth-order valence-corrected chi connectivity index (χ4v) is 2.87. The highest BCUT2D eigenvalue weighted by Gasteiger charge is 2.31. The number of anilines is 1. The third kappa shape index (κ3) is 3.63. The molecular weight excluding hydrogens is 306 g/mol. The van der Waals surface area contributed by atoms with Gasteiger partial charge < -0.3 is 14.8 Å². The lowest BCUT2D eigenvalue weighted by Gasteiger charge is -2.38. The minimum Gasteiger partial charge on any atom is -0.495 e. The van der Waals surface area contributed by atoms with Crippen molar-refractivity contribution in [1.82, 2.24) is 0 Å². The van der Waals surface area contributed by atoms with Gasteiger partial charge in [-0.25, -0.2) is 0 Å². The quantitative estimate of drug-likeness (QED) is 0.898. The van der Waals surface area contributed by atoms with Gasteiger partial charge in [0, 0.05) is 17.1 Å². The van der Waals surface area contributed by atoms with E-state index in [-0.39, 0.29) is 5.60 Å². The Morgan fingerprint density at radius 2 is 2.32 bits per heavy atom. The second kappa shape index (κ2) is 6.14. The van der Waals surface area contributed by atoms with Gasteiger partial charge in [-0.15, -0.1) is 0 Å². The normalized spacial score (nSPS) is 27.1. The molecule has 0 radical (unpaired) electrons. The third-order valence-corrected chi connectivity index (χ3v) is 4.36. The first-order chi connectivity index (χ1) is 9.06. The van der Waals surface area contributed by atoms with E-state index in [0.717, 1.165) is 41.8 Å². The summed E-state index contributed by atoms with van der Waals surface area (Å²) in [4.78, 5) is 0. The maximum Gasteiger partial charge on any atom is 0.142 e. The van der Waals surface area contributed by atoms with Crippen LogP contribution in [0.1, 0.15) is 33.1 Å². The number of benzene rings is 1. The van der Waals surface area contributed by atoms with Gasteiger partial charge in [-0.05, 0) is 44.4 Å². The molecular formula is C15H22BrNO2. The van der Waals surface area contributed by atoms with Gasteiger partial charge in [0.15, 0.2) is 0 Å². The third-order valence-electron chi connectivity index (χ3n) is 3.86. The summed E-state index contributed by atoms with van der Waals surface area (Å²) in [5.74, 6) is 0.882. The number of nitrogens with one attached hydrogen (secondary N) is 1. The van der Waals surface area contributed by atoms with E-state index in [0.29, 0.717) is 6.04 Å². The molecule has 4 heteroatoms. The highest BCUT2D eigenvalue weighted by Crippen LogP contribution is 2.33. The molecule has 1 heterocycles. The van der Waals surface area contributed by atoms with Crippen LogP contribution in [0.5, 0.6) is 5.75 Å². The zero-order chi connectivity index (χ0) is 13.9. The standard InChI is InChI=1S/C15H22BrNO2/c1-4-15(2)10-12(7-8-19-15)17-13-9-11(16)5-6-14(13)18-3/h5-6,9,12,17H,4,7-8,10H2,1-3H3. The maximum absolute atomic E-state index is 5.88. The molecule has 1 aliphatic rings. The van der Waals surface area contributed by atoms with Crippen LogP contribution in [0.2, 0.25) is 0 Å². The lowest BCUT2D eigenvalue weighted by Crippen LogP contribution is -2.41. The van der Waals surface area contributed by atoms with E-state index in [4.69, 9.17) is 9.47 Å². The molecule has 0 amide bonds. The molecule has 1 saturated heterocycles. The van der Waals surface area contributed by atoms with Gasteiger partial charge >= 0.3 is 0 Å². The van der Waals surface area contributed by atoms with Crippen molar-refractivity contribution in [2.24, 2.45) is 0 Å². The lowest BCUT2D eigenvalue weighted by molar-refractivity contribution is -0.0709. The van der Waals surface area contributed by atoms with Crippen LogP contribution in [-0.2, 0) is 4.74 Å². The van der Waals surface area contributed by atoms with Crippen molar-refractivity contribution in [1.29, 1.82) is 0 Å². The molecule has 2 rings (SSSR count). The zero-order valence-electron chi connectivity index (χ0n) is 11.8. The van der Waals surface area contributed by atoms with Gasteiger partial charge in [0.05, 0.1) is 18.4 Å². The first-order valence-electron chi connectivity index (χ1n) is 6.80. The van der Waals surface area contributed by atoms with Crippen LogP contribution >= 0.6 is 15.9 Å². The van der Waals surface area contributed by atoms with E-state index in [1.54, 1.807) is 7.11 Å². The minimum atomic E-state index is -0.00480. The summed E-state index contributed by atoms with van der Waals surface area (Å²) in [7, 11) is 1.70. The topological polar surface area (TPSA) is 30.5 Å².